The molecule has 0 saturated carbocycles. The lowest BCUT2D eigenvalue weighted by Gasteiger charge is -2.30. The Labute approximate surface area is 248 Å². The van der Waals surface area contributed by atoms with Crippen LogP contribution in [0.25, 0.3) is 5.57 Å². The van der Waals surface area contributed by atoms with Crippen molar-refractivity contribution in [2.75, 3.05) is 21.3 Å². The van der Waals surface area contributed by atoms with Crippen molar-refractivity contribution in [1.29, 1.82) is 0 Å². The molecule has 5 aromatic carbocycles. The molecule has 1 aliphatic carbocycles. The molecule has 0 radical (unpaired) electrons. The Morgan fingerprint density at radius 1 is 0.429 bits per heavy atom. The number of nitrogens with two attached hydrogens (primary N) is 2. The molecule has 42 heavy (non-hydrogen) atoms. The molecule has 5 aromatic rings. The summed E-state index contributed by atoms with van der Waals surface area (Å²) in [6.45, 7) is 4.23. The fourth-order valence-electron chi connectivity index (χ4n) is 5.44. The van der Waals surface area contributed by atoms with Crippen molar-refractivity contribution in [2.24, 2.45) is 0 Å². The van der Waals surface area contributed by atoms with Crippen LogP contribution in [0.15, 0.2) is 139 Å². The summed E-state index contributed by atoms with van der Waals surface area (Å²) in [5.74, 6) is 0. The average molecular weight is 549 g/mol. The summed E-state index contributed by atoms with van der Waals surface area (Å²) < 4.78 is 0. The van der Waals surface area contributed by atoms with Gasteiger partial charge in [0, 0.05) is 45.5 Å². The Morgan fingerprint density at radius 3 is 1.21 bits per heavy atom. The molecule has 0 amide bonds. The molecule has 4 heteroatoms. The van der Waals surface area contributed by atoms with Crippen molar-refractivity contribution in [3.05, 3.63) is 156 Å². The summed E-state index contributed by atoms with van der Waals surface area (Å²) in [6.07, 6.45) is 6.43. The Hall–Kier alpha value is -5.22. The molecule has 0 aromatic heterocycles. The van der Waals surface area contributed by atoms with E-state index in [1.54, 1.807) is 0 Å². The first-order valence-corrected chi connectivity index (χ1v) is 14.4. The zero-order chi connectivity index (χ0) is 29.1. The maximum absolute atomic E-state index is 6.00. The predicted octanol–water partition coefficient (Wildman–Crippen LogP) is 9.84. The van der Waals surface area contributed by atoms with Gasteiger partial charge in [-0.1, -0.05) is 53.6 Å². The lowest BCUT2D eigenvalue weighted by Crippen LogP contribution is -2.18. The molecule has 0 saturated heterocycles. The Balaban J connectivity index is 1.30. The van der Waals surface area contributed by atoms with Crippen molar-refractivity contribution in [3.63, 3.8) is 0 Å². The summed E-state index contributed by atoms with van der Waals surface area (Å²) in [5.41, 5.74) is 25.4. The van der Waals surface area contributed by atoms with Crippen LogP contribution in [0.1, 0.15) is 29.5 Å². The second kappa shape index (κ2) is 11.7. The van der Waals surface area contributed by atoms with Crippen molar-refractivity contribution in [2.45, 2.75) is 26.7 Å². The summed E-state index contributed by atoms with van der Waals surface area (Å²) in [4.78, 5) is 4.60. The molecule has 0 spiro atoms. The van der Waals surface area contributed by atoms with Crippen molar-refractivity contribution >= 4 is 45.4 Å². The zero-order valence-electron chi connectivity index (χ0n) is 24.2. The van der Waals surface area contributed by atoms with Crippen LogP contribution in [0.2, 0.25) is 0 Å². The first-order chi connectivity index (χ1) is 20.4. The van der Waals surface area contributed by atoms with E-state index in [1.165, 1.54) is 28.0 Å². The van der Waals surface area contributed by atoms with Gasteiger partial charge in [-0.15, -0.1) is 0 Å². The molecule has 4 N–H and O–H groups in total. The zero-order valence-corrected chi connectivity index (χ0v) is 24.2. The molecule has 0 bridgehead atoms. The highest BCUT2D eigenvalue weighted by molar-refractivity contribution is 5.80. The van der Waals surface area contributed by atoms with Crippen LogP contribution < -0.4 is 21.3 Å². The number of nitrogen functional groups attached to an aromatic ring is 2. The average Bonchev–Trinajstić information content (AvgIpc) is 3.02. The standard InChI is InChI=1S/C38H36N4/c1-27-3-15-33(16-4-27)41(37-23-11-31(39)12-24-37)35-19-7-29(8-20-35)30-9-21-36(22-10-30)42(34-17-5-28(2)6-18-34)38-25-13-32(40)14-26-38/h3-9,11-21,23-26H,10,22,39-40H2,1-2H3. The SMILES string of the molecule is Cc1ccc(N(C2=CC=C(c3ccc(N(c4ccc(C)cc4)c4ccc(N)cc4)cc3)CC2)c2ccc(N)cc2)cc1. The molecule has 208 valence electrons. The van der Waals surface area contributed by atoms with Gasteiger partial charge in [0.2, 0.25) is 0 Å². The minimum atomic E-state index is 0.756. The maximum Gasteiger partial charge on any atom is 0.0463 e. The van der Waals surface area contributed by atoms with Crippen molar-refractivity contribution in [3.8, 4) is 0 Å². The van der Waals surface area contributed by atoms with Crippen LogP contribution in [-0.4, -0.2) is 0 Å². The predicted molar refractivity (Wildman–Crippen MR) is 180 cm³/mol. The van der Waals surface area contributed by atoms with E-state index in [0.717, 1.165) is 52.7 Å². The summed E-state index contributed by atoms with van der Waals surface area (Å²) in [7, 11) is 0. The first kappa shape index (κ1) is 27.0. The number of anilines is 7. The molecule has 6 rings (SSSR count). The van der Waals surface area contributed by atoms with Crippen molar-refractivity contribution in [1.82, 2.24) is 0 Å². The number of aryl methyl sites for hydroxylation is 2. The summed E-state index contributed by atoms with van der Waals surface area (Å²) in [6, 6.07) is 42.4. The summed E-state index contributed by atoms with van der Waals surface area (Å²) in [5, 5.41) is 0. The quantitative estimate of drug-likeness (QED) is 0.199. The number of benzene rings is 5. The fourth-order valence-corrected chi connectivity index (χ4v) is 5.44. The molecule has 1 aliphatic rings. The Kier molecular flexibility index (Phi) is 7.52. The summed E-state index contributed by atoms with van der Waals surface area (Å²) >= 11 is 0. The molecule has 0 fully saturated rings. The number of allylic oxidation sites excluding steroid dienone is 4. The van der Waals surface area contributed by atoms with Gasteiger partial charge < -0.3 is 21.3 Å². The molecule has 0 aliphatic heterocycles. The Morgan fingerprint density at radius 2 is 0.810 bits per heavy atom. The molecular formula is C38H36N4. The van der Waals surface area contributed by atoms with Crippen LogP contribution in [0.4, 0.5) is 39.8 Å². The third-order valence-corrected chi connectivity index (χ3v) is 7.80. The minimum absolute atomic E-state index is 0.756. The first-order valence-electron chi connectivity index (χ1n) is 14.4. The van der Waals surface area contributed by atoms with Gasteiger partial charge in [0.15, 0.2) is 0 Å². The highest BCUT2D eigenvalue weighted by Crippen LogP contribution is 2.39. The van der Waals surface area contributed by atoms with E-state index < -0.39 is 0 Å². The van der Waals surface area contributed by atoms with Gasteiger partial charge in [-0.25, -0.2) is 0 Å². The largest absolute Gasteiger partial charge is 0.399 e. The van der Waals surface area contributed by atoms with E-state index in [4.69, 9.17) is 11.5 Å². The second-order valence-electron chi connectivity index (χ2n) is 10.9. The van der Waals surface area contributed by atoms with Gasteiger partial charge in [0.25, 0.3) is 0 Å². The van der Waals surface area contributed by atoms with Crippen LogP contribution in [-0.2, 0) is 0 Å². The van der Waals surface area contributed by atoms with E-state index in [0.29, 0.717) is 0 Å². The Bertz CT molecular complexity index is 1620. The van der Waals surface area contributed by atoms with Crippen LogP contribution in [0, 0.1) is 13.8 Å². The van der Waals surface area contributed by atoms with Gasteiger partial charge in [0.1, 0.15) is 0 Å². The van der Waals surface area contributed by atoms with Gasteiger partial charge >= 0.3 is 0 Å². The number of nitrogens with zero attached hydrogens (tertiary/aromatic N) is 2. The lowest BCUT2D eigenvalue weighted by molar-refractivity contribution is 0.930. The van der Waals surface area contributed by atoms with Gasteiger partial charge in [0.05, 0.1) is 0 Å². The highest BCUT2D eigenvalue weighted by Gasteiger charge is 2.19. The highest BCUT2D eigenvalue weighted by atomic mass is 15.2. The number of rotatable bonds is 7. The van der Waals surface area contributed by atoms with Crippen LogP contribution in [0.3, 0.4) is 0 Å². The van der Waals surface area contributed by atoms with E-state index in [2.05, 4.69) is 133 Å². The molecule has 0 unspecified atom stereocenters. The monoisotopic (exact) mass is 548 g/mol. The fraction of sp³-hybridized carbons (Fsp3) is 0.105. The molecule has 0 heterocycles. The minimum Gasteiger partial charge on any atom is -0.399 e. The molecular weight excluding hydrogens is 512 g/mol. The molecule has 4 nitrogen and oxygen atoms in total. The van der Waals surface area contributed by atoms with Gasteiger partial charge in [-0.3, -0.25) is 0 Å². The normalized spacial score (nSPS) is 12.8. The van der Waals surface area contributed by atoms with Crippen LogP contribution in [0.5, 0.6) is 0 Å². The number of hydrogen-bond acceptors (Lipinski definition) is 4. The number of hydrogen-bond donors (Lipinski definition) is 2. The lowest BCUT2D eigenvalue weighted by atomic mass is 9.94. The van der Waals surface area contributed by atoms with Gasteiger partial charge in [-0.2, -0.15) is 0 Å². The van der Waals surface area contributed by atoms with E-state index >= 15 is 0 Å². The topological polar surface area (TPSA) is 58.5 Å². The second-order valence-corrected chi connectivity index (χ2v) is 10.9. The van der Waals surface area contributed by atoms with E-state index in [1.807, 2.05) is 24.3 Å². The molecule has 0 atom stereocenters. The third kappa shape index (κ3) is 5.79. The van der Waals surface area contributed by atoms with E-state index in [9.17, 15) is 0 Å². The van der Waals surface area contributed by atoms with Crippen LogP contribution >= 0.6 is 0 Å². The smallest absolute Gasteiger partial charge is 0.0463 e. The maximum atomic E-state index is 6.00. The van der Waals surface area contributed by atoms with Crippen molar-refractivity contribution < 1.29 is 0 Å². The van der Waals surface area contributed by atoms with Gasteiger partial charge in [-0.05, 0) is 129 Å². The third-order valence-electron chi connectivity index (χ3n) is 7.80. The van der Waals surface area contributed by atoms with E-state index in [-0.39, 0.29) is 0 Å².